The standard InChI is InChI=1S/C3H4BrCl2F/c4-2(1-5)3(6)7/h2-3H,1H2/t2-,3-/m0/s1. The molecule has 0 heterocycles. The van der Waals surface area contributed by atoms with Crippen molar-refractivity contribution in [3.63, 3.8) is 0 Å². The van der Waals surface area contributed by atoms with Gasteiger partial charge in [-0.1, -0.05) is 27.5 Å². The van der Waals surface area contributed by atoms with E-state index in [2.05, 4.69) is 15.9 Å². The van der Waals surface area contributed by atoms with Crippen LogP contribution < -0.4 is 0 Å². The quantitative estimate of drug-likeness (QED) is 0.614. The van der Waals surface area contributed by atoms with E-state index >= 15 is 0 Å². The van der Waals surface area contributed by atoms with Gasteiger partial charge in [0, 0.05) is 5.88 Å². The predicted molar refractivity (Wildman–Crippen MR) is 34.2 cm³/mol. The van der Waals surface area contributed by atoms with Gasteiger partial charge in [-0.05, 0) is 0 Å². The molecule has 0 amide bonds. The van der Waals surface area contributed by atoms with E-state index in [0.717, 1.165) is 0 Å². The van der Waals surface area contributed by atoms with Crippen LogP contribution in [0.1, 0.15) is 0 Å². The van der Waals surface area contributed by atoms with Crippen molar-refractivity contribution in [2.75, 3.05) is 5.88 Å². The van der Waals surface area contributed by atoms with Crippen LogP contribution in [0.3, 0.4) is 0 Å². The minimum atomic E-state index is -1.38. The summed E-state index contributed by atoms with van der Waals surface area (Å²) in [6.45, 7) is 0. The van der Waals surface area contributed by atoms with Crippen molar-refractivity contribution < 1.29 is 4.39 Å². The molecular formula is C3H4BrCl2F. The van der Waals surface area contributed by atoms with E-state index in [1.165, 1.54) is 0 Å². The van der Waals surface area contributed by atoms with Crippen molar-refractivity contribution >= 4 is 39.1 Å². The first-order chi connectivity index (χ1) is 3.18. The molecule has 0 radical (unpaired) electrons. The lowest BCUT2D eigenvalue weighted by molar-refractivity contribution is 0.447. The van der Waals surface area contributed by atoms with Crippen LogP contribution in [0.4, 0.5) is 4.39 Å². The summed E-state index contributed by atoms with van der Waals surface area (Å²) in [5, 5.41) is 0. The van der Waals surface area contributed by atoms with E-state index in [1.54, 1.807) is 0 Å². The molecule has 0 spiro atoms. The first-order valence-electron chi connectivity index (χ1n) is 1.66. The molecule has 0 fully saturated rings. The summed E-state index contributed by atoms with van der Waals surface area (Å²) in [5.74, 6) is 0.199. The highest BCUT2D eigenvalue weighted by Gasteiger charge is 2.11. The van der Waals surface area contributed by atoms with E-state index in [9.17, 15) is 4.39 Å². The normalized spacial score (nSPS) is 18.9. The summed E-state index contributed by atoms with van der Waals surface area (Å²) in [7, 11) is 0. The Labute approximate surface area is 60.1 Å². The first kappa shape index (κ1) is 7.99. The molecule has 7 heavy (non-hydrogen) atoms. The minimum absolute atomic E-state index is 0.199. The Morgan fingerprint density at radius 3 is 2.14 bits per heavy atom. The summed E-state index contributed by atoms with van der Waals surface area (Å²) >= 11 is 13.0. The van der Waals surface area contributed by atoms with Gasteiger partial charge in [0.25, 0.3) is 0 Å². The molecule has 0 bridgehead atoms. The molecule has 0 aliphatic heterocycles. The van der Waals surface area contributed by atoms with Crippen LogP contribution in [-0.4, -0.2) is 16.3 Å². The molecule has 0 aromatic rings. The fourth-order valence-corrected chi connectivity index (χ4v) is 0.404. The molecule has 0 nitrogen and oxygen atoms in total. The molecule has 0 unspecified atom stereocenters. The smallest absolute Gasteiger partial charge is 0.187 e. The maximum atomic E-state index is 11.7. The fraction of sp³-hybridized carbons (Fsp3) is 1.00. The zero-order valence-electron chi connectivity index (χ0n) is 3.37. The second-order valence-electron chi connectivity index (χ2n) is 1.00. The van der Waals surface area contributed by atoms with Gasteiger partial charge in [-0.3, -0.25) is 0 Å². The van der Waals surface area contributed by atoms with E-state index in [0.29, 0.717) is 0 Å². The molecule has 4 heteroatoms. The SMILES string of the molecule is F[C@H](Cl)[C@@H](Br)CCl. The molecule has 0 rings (SSSR count). The lowest BCUT2D eigenvalue weighted by Gasteiger charge is -2.01. The fourth-order valence-electron chi connectivity index (χ4n) is 0.0673. The van der Waals surface area contributed by atoms with Crippen LogP contribution >= 0.6 is 39.1 Å². The summed E-state index contributed by atoms with van der Waals surface area (Å²) < 4.78 is 11.7. The molecule has 0 aliphatic carbocycles. The lowest BCUT2D eigenvalue weighted by atomic mass is 10.5. The van der Waals surface area contributed by atoms with E-state index in [-0.39, 0.29) is 5.88 Å². The molecule has 0 saturated carbocycles. The molecule has 0 aliphatic rings. The average Bonchev–Trinajstić information content (AvgIpc) is 1.65. The van der Waals surface area contributed by atoms with Gasteiger partial charge in [-0.25, -0.2) is 4.39 Å². The van der Waals surface area contributed by atoms with Crippen LogP contribution in [0, 0.1) is 0 Å². The van der Waals surface area contributed by atoms with E-state index < -0.39 is 10.5 Å². The Hall–Kier alpha value is 0.990. The lowest BCUT2D eigenvalue weighted by Crippen LogP contribution is -2.09. The largest absolute Gasteiger partial charge is 0.229 e. The molecule has 0 aromatic heterocycles. The van der Waals surface area contributed by atoms with E-state index in [1.807, 2.05) is 0 Å². The van der Waals surface area contributed by atoms with Crippen molar-refractivity contribution in [3.8, 4) is 0 Å². The van der Waals surface area contributed by atoms with Gasteiger partial charge in [0.05, 0.1) is 4.83 Å². The molecule has 0 N–H and O–H groups in total. The van der Waals surface area contributed by atoms with Crippen LogP contribution in [-0.2, 0) is 0 Å². The van der Waals surface area contributed by atoms with Crippen molar-refractivity contribution in [2.24, 2.45) is 0 Å². The van der Waals surface area contributed by atoms with Crippen LogP contribution in [0.25, 0.3) is 0 Å². The maximum absolute atomic E-state index is 11.7. The van der Waals surface area contributed by atoms with Crippen LogP contribution in [0.5, 0.6) is 0 Å². The second-order valence-corrected chi connectivity index (χ2v) is 2.91. The minimum Gasteiger partial charge on any atom is -0.229 e. The van der Waals surface area contributed by atoms with Crippen LogP contribution in [0.15, 0.2) is 0 Å². The number of halogens is 4. The summed E-state index contributed by atoms with van der Waals surface area (Å²) in [4.78, 5) is -0.421. The van der Waals surface area contributed by atoms with Crippen LogP contribution in [0.2, 0.25) is 0 Å². The number of rotatable bonds is 2. The number of hydrogen-bond donors (Lipinski definition) is 0. The molecule has 2 atom stereocenters. The second kappa shape index (κ2) is 3.93. The Balaban J connectivity index is 3.14. The van der Waals surface area contributed by atoms with Crippen molar-refractivity contribution in [1.82, 2.24) is 0 Å². The van der Waals surface area contributed by atoms with Gasteiger partial charge >= 0.3 is 0 Å². The number of alkyl halides is 4. The monoisotopic (exact) mass is 208 g/mol. The zero-order valence-corrected chi connectivity index (χ0v) is 6.47. The van der Waals surface area contributed by atoms with Gasteiger partial charge in [0.2, 0.25) is 0 Å². The topological polar surface area (TPSA) is 0 Å². The number of hydrogen-bond acceptors (Lipinski definition) is 0. The van der Waals surface area contributed by atoms with Gasteiger partial charge in [-0.15, -0.1) is 11.6 Å². The first-order valence-corrected chi connectivity index (χ1v) is 3.55. The third-order valence-electron chi connectivity index (χ3n) is 0.421. The highest BCUT2D eigenvalue weighted by atomic mass is 79.9. The Morgan fingerprint density at radius 2 is 2.14 bits per heavy atom. The van der Waals surface area contributed by atoms with Gasteiger partial charge in [0.1, 0.15) is 0 Å². The Morgan fingerprint density at radius 1 is 1.71 bits per heavy atom. The third-order valence-corrected chi connectivity index (χ3v) is 2.52. The molecule has 0 aromatic carbocycles. The van der Waals surface area contributed by atoms with Crippen molar-refractivity contribution in [1.29, 1.82) is 0 Å². The van der Waals surface area contributed by atoms with E-state index in [4.69, 9.17) is 23.2 Å². The predicted octanol–water partition coefficient (Wildman–Crippen LogP) is 2.52. The summed E-state index contributed by atoms with van der Waals surface area (Å²) in [5.41, 5.74) is -1.38. The zero-order chi connectivity index (χ0) is 5.86. The average molecular weight is 210 g/mol. The Bertz CT molecular complexity index is 50.2. The van der Waals surface area contributed by atoms with Gasteiger partial charge in [-0.2, -0.15) is 0 Å². The molecule has 44 valence electrons. The summed E-state index contributed by atoms with van der Waals surface area (Å²) in [6, 6.07) is 0. The van der Waals surface area contributed by atoms with Gasteiger partial charge < -0.3 is 0 Å². The van der Waals surface area contributed by atoms with Gasteiger partial charge in [0.15, 0.2) is 5.63 Å². The Kier molecular flexibility index (Phi) is 4.48. The third kappa shape index (κ3) is 3.56. The summed E-state index contributed by atoms with van der Waals surface area (Å²) in [6.07, 6.45) is 0. The molecule has 0 saturated heterocycles. The highest BCUT2D eigenvalue weighted by Crippen LogP contribution is 2.13. The van der Waals surface area contributed by atoms with Crippen molar-refractivity contribution in [2.45, 2.75) is 10.5 Å². The molecular weight excluding hydrogens is 206 g/mol. The maximum Gasteiger partial charge on any atom is 0.187 e. The van der Waals surface area contributed by atoms with Crippen molar-refractivity contribution in [3.05, 3.63) is 0 Å². The highest BCUT2D eigenvalue weighted by molar-refractivity contribution is 9.09.